The number of rotatable bonds is 6. The number of hydrogen-bond donors (Lipinski definition) is 1. The van der Waals surface area contributed by atoms with Gasteiger partial charge < -0.3 is 14.3 Å². The summed E-state index contributed by atoms with van der Waals surface area (Å²) >= 11 is 0. The predicted molar refractivity (Wildman–Crippen MR) is 69.3 cm³/mol. The first-order valence-electron chi connectivity index (χ1n) is 6.40. The summed E-state index contributed by atoms with van der Waals surface area (Å²) in [7, 11) is 0. The van der Waals surface area contributed by atoms with Gasteiger partial charge in [0.2, 0.25) is 0 Å². The van der Waals surface area contributed by atoms with E-state index in [0.29, 0.717) is 5.89 Å². The lowest BCUT2D eigenvalue weighted by atomic mass is 10.1. The van der Waals surface area contributed by atoms with Gasteiger partial charge in [-0.25, -0.2) is 9.97 Å². The van der Waals surface area contributed by atoms with Crippen LogP contribution >= 0.6 is 0 Å². The summed E-state index contributed by atoms with van der Waals surface area (Å²) in [5.41, 5.74) is 0.944. The Kier molecular flexibility index (Phi) is 4.15. The lowest BCUT2D eigenvalue weighted by molar-refractivity contribution is 0.500. The molecule has 2 heterocycles. The van der Waals surface area contributed by atoms with Crippen molar-refractivity contribution in [2.24, 2.45) is 0 Å². The molecule has 5 nitrogen and oxygen atoms in total. The van der Waals surface area contributed by atoms with Gasteiger partial charge >= 0.3 is 0 Å². The number of nitrogens with one attached hydrogen (secondary N) is 1. The number of imidazole rings is 1. The molecule has 0 spiro atoms. The van der Waals surface area contributed by atoms with Crippen LogP contribution in [-0.4, -0.2) is 21.1 Å². The maximum atomic E-state index is 5.29. The van der Waals surface area contributed by atoms with Crippen LogP contribution in [0.3, 0.4) is 0 Å². The molecule has 1 unspecified atom stereocenters. The molecular formula is C13H20N4O. The SMILES string of the molecule is CCNC(Cc1nccn1CC)c1coc(C)n1. The van der Waals surface area contributed by atoms with E-state index in [9.17, 15) is 0 Å². The molecule has 0 aliphatic heterocycles. The van der Waals surface area contributed by atoms with Crippen LogP contribution in [0.1, 0.15) is 37.3 Å². The highest BCUT2D eigenvalue weighted by molar-refractivity contribution is 5.07. The van der Waals surface area contributed by atoms with Gasteiger partial charge in [-0.15, -0.1) is 0 Å². The molecule has 2 aromatic heterocycles. The molecular weight excluding hydrogens is 228 g/mol. The van der Waals surface area contributed by atoms with Crippen LogP contribution in [0.2, 0.25) is 0 Å². The first-order valence-corrected chi connectivity index (χ1v) is 6.40. The van der Waals surface area contributed by atoms with E-state index < -0.39 is 0 Å². The second kappa shape index (κ2) is 5.82. The average molecular weight is 248 g/mol. The highest BCUT2D eigenvalue weighted by Gasteiger charge is 2.17. The fourth-order valence-electron chi connectivity index (χ4n) is 2.07. The van der Waals surface area contributed by atoms with Crippen LogP contribution in [0, 0.1) is 6.92 Å². The molecule has 0 aliphatic rings. The van der Waals surface area contributed by atoms with Crippen molar-refractivity contribution in [3.63, 3.8) is 0 Å². The third kappa shape index (κ3) is 2.79. The molecule has 2 aromatic rings. The highest BCUT2D eigenvalue weighted by atomic mass is 16.3. The van der Waals surface area contributed by atoms with Crippen LogP contribution in [0.5, 0.6) is 0 Å². The molecule has 0 aromatic carbocycles. The summed E-state index contributed by atoms with van der Waals surface area (Å²) in [6.07, 6.45) is 6.39. The monoisotopic (exact) mass is 248 g/mol. The first kappa shape index (κ1) is 12.8. The summed E-state index contributed by atoms with van der Waals surface area (Å²) in [4.78, 5) is 8.81. The minimum Gasteiger partial charge on any atom is -0.449 e. The molecule has 18 heavy (non-hydrogen) atoms. The molecule has 0 radical (unpaired) electrons. The molecule has 0 amide bonds. The Labute approximate surface area is 107 Å². The smallest absolute Gasteiger partial charge is 0.191 e. The molecule has 2 rings (SSSR count). The van der Waals surface area contributed by atoms with E-state index in [1.54, 1.807) is 6.26 Å². The molecule has 1 N–H and O–H groups in total. The van der Waals surface area contributed by atoms with Gasteiger partial charge in [-0.2, -0.15) is 0 Å². The Bertz CT molecular complexity index is 489. The molecule has 98 valence electrons. The van der Waals surface area contributed by atoms with Crippen LogP contribution in [0.4, 0.5) is 0 Å². The van der Waals surface area contributed by atoms with Crippen molar-refractivity contribution in [1.82, 2.24) is 19.9 Å². The largest absolute Gasteiger partial charge is 0.449 e. The van der Waals surface area contributed by atoms with Gasteiger partial charge in [-0.1, -0.05) is 6.92 Å². The van der Waals surface area contributed by atoms with Crippen molar-refractivity contribution in [3.8, 4) is 0 Å². The summed E-state index contributed by atoms with van der Waals surface area (Å²) in [5, 5.41) is 3.43. The van der Waals surface area contributed by atoms with Crippen molar-refractivity contribution in [2.45, 2.75) is 39.8 Å². The van der Waals surface area contributed by atoms with Gasteiger partial charge in [-0.3, -0.25) is 0 Å². The normalized spacial score (nSPS) is 12.8. The standard InChI is InChI=1S/C13H20N4O/c1-4-14-11(12-9-18-10(3)16-12)8-13-15-6-7-17(13)5-2/h6-7,9,11,14H,4-5,8H2,1-3H3. The Morgan fingerprint density at radius 3 is 2.89 bits per heavy atom. The Hall–Kier alpha value is -1.62. The number of oxazole rings is 1. The van der Waals surface area contributed by atoms with Crippen molar-refractivity contribution < 1.29 is 4.42 Å². The van der Waals surface area contributed by atoms with Crippen LogP contribution in [0.15, 0.2) is 23.1 Å². The molecule has 0 saturated carbocycles. The van der Waals surface area contributed by atoms with Gasteiger partial charge in [0.05, 0.1) is 11.7 Å². The minimum atomic E-state index is 0.153. The quantitative estimate of drug-likeness (QED) is 0.850. The zero-order valence-electron chi connectivity index (χ0n) is 11.2. The third-order valence-corrected chi connectivity index (χ3v) is 2.97. The number of aryl methyl sites for hydroxylation is 2. The third-order valence-electron chi connectivity index (χ3n) is 2.97. The summed E-state index contributed by atoms with van der Waals surface area (Å²) in [5.74, 6) is 1.77. The fraction of sp³-hybridized carbons (Fsp3) is 0.538. The van der Waals surface area contributed by atoms with E-state index in [-0.39, 0.29) is 6.04 Å². The second-order valence-electron chi connectivity index (χ2n) is 4.24. The first-order chi connectivity index (χ1) is 8.74. The van der Waals surface area contributed by atoms with Gasteiger partial charge in [-0.05, 0) is 13.5 Å². The van der Waals surface area contributed by atoms with E-state index in [1.807, 2.05) is 19.3 Å². The van der Waals surface area contributed by atoms with E-state index in [1.165, 1.54) is 0 Å². The van der Waals surface area contributed by atoms with Crippen molar-refractivity contribution in [3.05, 3.63) is 36.1 Å². The van der Waals surface area contributed by atoms with Crippen molar-refractivity contribution >= 4 is 0 Å². The zero-order valence-corrected chi connectivity index (χ0v) is 11.2. The topological polar surface area (TPSA) is 55.9 Å². The highest BCUT2D eigenvalue weighted by Crippen LogP contribution is 2.17. The number of hydrogen-bond acceptors (Lipinski definition) is 4. The van der Waals surface area contributed by atoms with Gasteiger partial charge in [0.15, 0.2) is 5.89 Å². The van der Waals surface area contributed by atoms with Crippen LogP contribution in [0.25, 0.3) is 0 Å². The molecule has 1 atom stereocenters. The van der Waals surface area contributed by atoms with Crippen molar-refractivity contribution in [1.29, 1.82) is 0 Å². The summed E-state index contributed by atoms with van der Waals surface area (Å²) in [6, 6.07) is 0.153. The predicted octanol–water partition coefficient (Wildman–Crippen LogP) is 2.09. The maximum absolute atomic E-state index is 5.29. The lowest BCUT2D eigenvalue weighted by Crippen LogP contribution is -2.24. The van der Waals surface area contributed by atoms with E-state index in [4.69, 9.17) is 4.42 Å². The Morgan fingerprint density at radius 1 is 1.44 bits per heavy atom. The molecule has 0 aliphatic carbocycles. The van der Waals surface area contributed by atoms with E-state index >= 15 is 0 Å². The van der Waals surface area contributed by atoms with Gasteiger partial charge in [0, 0.05) is 32.3 Å². The Balaban J connectivity index is 2.16. The average Bonchev–Trinajstić information content (AvgIpc) is 2.97. The molecule has 5 heteroatoms. The number of likely N-dealkylation sites (N-methyl/N-ethyl adjacent to an activating group) is 1. The van der Waals surface area contributed by atoms with Crippen LogP contribution < -0.4 is 5.32 Å². The lowest BCUT2D eigenvalue weighted by Gasteiger charge is -2.15. The van der Waals surface area contributed by atoms with Gasteiger partial charge in [0.25, 0.3) is 0 Å². The zero-order chi connectivity index (χ0) is 13.0. The summed E-state index contributed by atoms with van der Waals surface area (Å²) in [6.45, 7) is 7.90. The molecule has 0 fully saturated rings. The number of aromatic nitrogens is 3. The number of nitrogens with zero attached hydrogens (tertiary/aromatic N) is 3. The van der Waals surface area contributed by atoms with Gasteiger partial charge in [0.1, 0.15) is 12.1 Å². The molecule has 0 saturated heterocycles. The van der Waals surface area contributed by atoms with E-state index in [2.05, 4.69) is 33.7 Å². The fourth-order valence-corrected chi connectivity index (χ4v) is 2.07. The molecule has 0 bridgehead atoms. The maximum Gasteiger partial charge on any atom is 0.191 e. The van der Waals surface area contributed by atoms with Crippen LogP contribution in [-0.2, 0) is 13.0 Å². The minimum absolute atomic E-state index is 0.153. The second-order valence-corrected chi connectivity index (χ2v) is 4.24. The Morgan fingerprint density at radius 2 is 2.28 bits per heavy atom. The summed E-state index contributed by atoms with van der Waals surface area (Å²) < 4.78 is 7.44. The van der Waals surface area contributed by atoms with E-state index in [0.717, 1.165) is 31.0 Å². The van der Waals surface area contributed by atoms with Crippen molar-refractivity contribution in [2.75, 3.05) is 6.54 Å².